The molecule has 3 nitrogen and oxygen atoms in total. The number of esters is 1. The fraction of sp³-hybridized carbons (Fsp3) is 0.118. The van der Waals surface area contributed by atoms with Gasteiger partial charge in [0.05, 0.1) is 18.0 Å². The Morgan fingerprint density at radius 1 is 1.10 bits per heavy atom. The summed E-state index contributed by atoms with van der Waals surface area (Å²) in [6, 6.07) is 17.8. The molecule has 1 heterocycles. The molecule has 106 valence electrons. The van der Waals surface area contributed by atoms with E-state index in [1.54, 1.807) is 0 Å². The zero-order chi connectivity index (χ0) is 14.7. The minimum absolute atomic E-state index is 0.289. The van der Waals surface area contributed by atoms with Crippen molar-refractivity contribution in [3.8, 4) is 0 Å². The number of benzene rings is 2. The highest BCUT2D eigenvalue weighted by atomic mass is 32.2. The largest absolute Gasteiger partial charge is 0.462 e. The van der Waals surface area contributed by atoms with Gasteiger partial charge in [0, 0.05) is 4.90 Å². The van der Waals surface area contributed by atoms with Gasteiger partial charge in [0.25, 0.3) is 0 Å². The molecule has 0 bridgehead atoms. The third kappa shape index (κ3) is 2.81. The van der Waals surface area contributed by atoms with Crippen molar-refractivity contribution in [2.75, 3.05) is 11.9 Å². The van der Waals surface area contributed by atoms with E-state index < -0.39 is 0 Å². The number of anilines is 1. The molecule has 0 saturated carbocycles. The predicted molar refractivity (Wildman–Crippen MR) is 85.9 cm³/mol. The standard InChI is InChI=1S/C17H15NO2S/c1-2-20-17(19)16-15(12-8-4-3-5-9-12)18-13-10-6-7-11-14(13)21-16/h3-11,18H,2H2,1H3. The van der Waals surface area contributed by atoms with Gasteiger partial charge in [0.1, 0.15) is 4.91 Å². The second-order valence-corrected chi connectivity index (χ2v) is 5.57. The van der Waals surface area contributed by atoms with Gasteiger partial charge in [-0.25, -0.2) is 4.79 Å². The Balaban J connectivity index is 2.07. The lowest BCUT2D eigenvalue weighted by Gasteiger charge is -2.23. The van der Waals surface area contributed by atoms with Crippen molar-refractivity contribution in [1.29, 1.82) is 0 Å². The number of hydrogen-bond acceptors (Lipinski definition) is 4. The van der Waals surface area contributed by atoms with Crippen LogP contribution in [0.25, 0.3) is 5.70 Å². The van der Waals surface area contributed by atoms with Gasteiger partial charge in [0.2, 0.25) is 0 Å². The van der Waals surface area contributed by atoms with Crippen LogP contribution in [0.4, 0.5) is 5.69 Å². The van der Waals surface area contributed by atoms with E-state index in [-0.39, 0.29) is 5.97 Å². The molecule has 0 aliphatic carbocycles. The smallest absolute Gasteiger partial charge is 0.347 e. The number of thioether (sulfide) groups is 1. The van der Waals surface area contributed by atoms with Crippen molar-refractivity contribution in [1.82, 2.24) is 0 Å². The van der Waals surface area contributed by atoms with Crippen LogP contribution in [0.1, 0.15) is 12.5 Å². The highest BCUT2D eigenvalue weighted by Gasteiger charge is 2.25. The molecule has 0 aromatic heterocycles. The molecule has 0 atom stereocenters. The van der Waals surface area contributed by atoms with Gasteiger partial charge in [-0.1, -0.05) is 54.2 Å². The Labute approximate surface area is 128 Å². The first-order chi connectivity index (χ1) is 10.3. The van der Waals surface area contributed by atoms with E-state index in [1.807, 2.05) is 61.5 Å². The van der Waals surface area contributed by atoms with Crippen molar-refractivity contribution >= 4 is 29.1 Å². The molecule has 1 N–H and O–H groups in total. The van der Waals surface area contributed by atoms with Crippen molar-refractivity contribution in [3.63, 3.8) is 0 Å². The van der Waals surface area contributed by atoms with Gasteiger partial charge in [-0.05, 0) is 24.6 Å². The summed E-state index contributed by atoms with van der Waals surface area (Å²) in [7, 11) is 0. The second kappa shape index (κ2) is 6.06. The van der Waals surface area contributed by atoms with E-state index in [4.69, 9.17) is 4.74 Å². The maximum Gasteiger partial charge on any atom is 0.347 e. The average Bonchev–Trinajstić information content (AvgIpc) is 2.54. The quantitative estimate of drug-likeness (QED) is 0.864. The van der Waals surface area contributed by atoms with E-state index in [1.165, 1.54) is 11.8 Å². The third-order valence-corrected chi connectivity index (χ3v) is 4.26. The van der Waals surface area contributed by atoms with E-state index >= 15 is 0 Å². The van der Waals surface area contributed by atoms with Crippen LogP contribution in [-0.4, -0.2) is 12.6 Å². The molecule has 0 amide bonds. The van der Waals surface area contributed by atoms with Gasteiger partial charge >= 0.3 is 5.97 Å². The number of carbonyl (C=O) groups is 1. The number of rotatable bonds is 3. The Morgan fingerprint density at radius 2 is 1.81 bits per heavy atom. The molecule has 1 aliphatic rings. The summed E-state index contributed by atoms with van der Waals surface area (Å²) >= 11 is 1.45. The highest BCUT2D eigenvalue weighted by Crippen LogP contribution is 2.42. The van der Waals surface area contributed by atoms with Crippen molar-refractivity contribution < 1.29 is 9.53 Å². The summed E-state index contributed by atoms with van der Waals surface area (Å²) in [6.07, 6.45) is 0. The minimum Gasteiger partial charge on any atom is -0.462 e. The highest BCUT2D eigenvalue weighted by molar-refractivity contribution is 8.04. The van der Waals surface area contributed by atoms with Gasteiger partial charge < -0.3 is 10.1 Å². The van der Waals surface area contributed by atoms with E-state index in [0.717, 1.165) is 21.8 Å². The number of para-hydroxylation sites is 1. The Morgan fingerprint density at radius 3 is 2.57 bits per heavy atom. The Bertz CT molecular complexity index is 695. The first-order valence-corrected chi connectivity index (χ1v) is 7.62. The van der Waals surface area contributed by atoms with Crippen LogP contribution in [-0.2, 0) is 9.53 Å². The molecule has 2 aromatic carbocycles. The number of hydrogen-bond donors (Lipinski definition) is 1. The minimum atomic E-state index is -0.289. The Kier molecular flexibility index (Phi) is 3.97. The third-order valence-electron chi connectivity index (χ3n) is 3.11. The molecule has 21 heavy (non-hydrogen) atoms. The normalized spacial score (nSPS) is 13.4. The van der Waals surface area contributed by atoms with Crippen LogP contribution in [0.5, 0.6) is 0 Å². The fourth-order valence-corrected chi connectivity index (χ4v) is 3.17. The van der Waals surface area contributed by atoms with Crippen LogP contribution in [0.15, 0.2) is 64.4 Å². The topological polar surface area (TPSA) is 38.3 Å². The fourth-order valence-electron chi connectivity index (χ4n) is 2.16. The molecule has 1 aliphatic heterocycles. The number of ether oxygens (including phenoxy) is 1. The van der Waals surface area contributed by atoms with E-state index in [0.29, 0.717) is 11.5 Å². The Hall–Kier alpha value is -2.20. The lowest BCUT2D eigenvalue weighted by molar-refractivity contribution is -0.137. The van der Waals surface area contributed by atoms with E-state index in [9.17, 15) is 4.79 Å². The molecule has 3 rings (SSSR count). The molecular formula is C17H15NO2S. The summed E-state index contributed by atoms with van der Waals surface area (Å²) in [6.45, 7) is 2.18. The molecular weight excluding hydrogens is 282 g/mol. The monoisotopic (exact) mass is 297 g/mol. The number of fused-ring (bicyclic) bond motifs is 1. The van der Waals surface area contributed by atoms with Gasteiger partial charge in [-0.3, -0.25) is 0 Å². The number of nitrogens with one attached hydrogen (secondary N) is 1. The summed E-state index contributed by atoms with van der Waals surface area (Å²) in [5.41, 5.74) is 2.79. The molecule has 0 fully saturated rings. The molecule has 0 unspecified atom stereocenters. The lowest BCUT2D eigenvalue weighted by atomic mass is 10.1. The van der Waals surface area contributed by atoms with Gasteiger partial charge in [0.15, 0.2) is 0 Å². The zero-order valence-electron chi connectivity index (χ0n) is 11.6. The summed E-state index contributed by atoms with van der Waals surface area (Å²) < 4.78 is 5.19. The van der Waals surface area contributed by atoms with Crippen LogP contribution < -0.4 is 5.32 Å². The van der Waals surface area contributed by atoms with Crippen molar-refractivity contribution in [2.45, 2.75) is 11.8 Å². The molecule has 4 heteroatoms. The predicted octanol–water partition coefficient (Wildman–Crippen LogP) is 4.14. The van der Waals surface area contributed by atoms with Crippen molar-refractivity contribution in [3.05, 3.63) is 65.1 Å². The van der Waals surface area contributed by atoms with Gasteiger partial charge in [-0.15, -0.1) is 0 Å². The summed E-state index contributed by atoms with van der Waals surface area (Å²) in [4.78, 5) is 13.9. The molecule has 2 aromatic rings. The zero-order valence-corrected chi connectivity index (χ0v) is 12.4. The first-order valence-electron chi connectivity index (χ1n) is 6.80. The molecule has 0 radical (unpaired) electrons. The van der Waals surface area contributed by atoms with Gasteiger partial charge in [-0.2, -0.15) is 0 Å². The van der Waals surface area contributed by atoms with Crippen LogP contribution >= 0.6 is 11.8 Å². The lowest BCUT2D eigenvalue weighted by Crippen LogP contribution is -2.15. The first kappa shape index (κ1) is 13.8. The van der Waals surface area contributed by atoms with Crippen molar-refractivity contribution in [2.24, 2.45) is 0 Å². The maximum absolute atomic E-state index is 12.3. The second-order valence-electron chi connectivity index (χ2n) is 4.51. The summed E-state index contributed by atoms with van der Waals surface area (Å²) in [5, 5.41) is 3.36. The number of carbonyl (C=O) groups excluding carboxylic acids is 1. The maximum atomic E-state index is 12.3. The molecule has 0 spiro atoms. The average molecular weight is 297 g/mol. The van der Waals surface area contributed by atoms with Crippen LogP contribution in [0.2, 0.25) is 0 Å². The van der Waals surface area contributed by atoms with E-state index in [2.05, 4.69) is 5.32 Å². The molecule has 0 saturated heterocycles. The van der Waals surface area contributed by atoms with Crippen LogP contribution in [0, 0.1) is 0 Å². The SMILES string of the molecule is CCOC(=O)C1=C(c2ccccc2)Nc2ccccc2S1. The van der Waals surface area contributed by atoms with Crippen LogP contribution in [0.3, 0.4) is 0 Å². The summed E-state index contributed by atoms with van der Waals surface area (Å²) in [5.74, 6) is -0.289.